The van der Waals surface area contributed by atoms with Crippen LogP contribution in [0.5, 0.6) is 17.2 Å². The summed E-state index contributed by atoms with van der Waals surface area (Å²) in [5.74, 6) is -14.1. The molecule has 0 atom stereocenters. The Morgan fingerprint density at radius 1 is 0.327 bits per heavy atom. The average Bonchev–Trinajstić information content (AvgIpc) is 3.19. The summed E-state index contributed by atoms with van der Waals surface area (Å²) < 4.78 is 143. The second kappa shape index (κ2) is 15.0. The van der Waals surface area contributed by atoms with Gasteiger partial charge in [-0.2, -0.15) is 0 Å². The first-order valence-electron chi connectivity index (χ1n) is 16.6. The van der Waals surface area contributed by atoms with Crippen molar-refractivity contribution in [3.05, 3.63) is 204 Å². The molecule has 7 aromatic rings. The van der Waals surface area contributed by atoms with Crippen LogP contribution in [-0.4, -0.2) is 7.32 Å². The molecule has 0 aliphatic rings. The first-order chi connectivity index (χ1) is 26.6. The standard InChI is InChI=1S/C42H26BF8O3P/c44-30-19-10-20-31(45)39(30)52-43(53-40-32(46)21-11-22-33(40)47)54-41-34(48)25-26-37(38(41)51)55(27-13-4-1-5-14-27,28-15-6-2-7-16-28,29-17-8-3-9-18-29)42-35(49)23-12-24-36(42)50/h1-26H. The van der Waals surface area contributed by atoms with Gasteiger partial charge in [-0.05, 0) is 0 Å². The van der Waals surface area contributed by atoms with Crippen molar-refractivity contribution in [3.8, 4) is 17.2 Å². The molecule has 0 amide bonds. The van der Waals surface area contributed by atoms with Crippen LogP contribution < -0.4 is 40.5 Å². The van der Waals surface area contributed by atoms with Gasteiger partial charge in [0.2, 0.25) is 0 Å². The van der Waals surface area contributed by atoms with Gasteiger partial charge in [0.25, 0.3) is 0 Å². The van der Waals surface area contributed by atoms with E-state index < -0.39 is 88.3 Å². The average molecular weight is 772 g/mol. The Hall–Kier alpha value is -6.13. The first-order valence-corrected chi connectivity index (χ1v) is 18.8. The monoisotopic (exact) mass is 772 g/mol. The van der Waals surface area contributed by atoms with Crippen LogP contribution in [0.1, 0.15) is 0 Å². The first kappa shape index (κ1) is 37.2. The van der Waals surface area contributed by atoms with Crippen LogP contribution in [0.3, 0.4) is 0 Å². The van der Waals surface area contributed by atoms with Crippen molar-refractivity contribution in [3.63, 3.8) is 0 Å². The quantitative estimate of drug-likeness (QED) is 0.0748. The van der Waals surface area contributed by atoms with E-state index in [-0.39, 0.29) is 15.9 Å². The third kappa shape index (κ3) is 6.07. The van der Waals surface area contributed by atoms with Crippen LogP contribution in [-0.2, 0) is 0 Å². The van der Waals surface area contributed by atoms with Gasteiger partial charge >= 0.3 is 311 Å². The van der Waals surface area contributed by atoms with Crippen LogP contribution in [0.4, 0.5) is 35.1 Å². The summed E-state index contributed by atoms with van der Waals surface area (Å²) in [6.45, 7) is -5.40. The van der Waals surface area contributed by atoms with Gasteiger partial charge in [-0.1, -0.05) is 0 Å². The van der Waals surface area contributed by atoms with Crippen LogP contribution in [0, 0.1) is 46.5 Å². The van der Waals surface area contributed by atoms with Gasteiger partial charge < -0.3 is 0 Å². The summed E-state index contributed by atoms with van der Waals surface area (Å²) in [5, 5.41) is -0.367. The molecule has 0 spiro atoms. The molecule has 3 nitrogen and oxygen atoms in total. The van der Waals surface area contributed by atoms with Crippen molar-refractivity contribution in [2.45, 2.75) is 0 Å². The fourth-order valence-corrected chi connectivity index (χ4v) is 13.9. The fourth-order valence-electron chi connectivity index (χ4n) is 6.99. The topological polar surface area (TPSA) is 27.7 Å². The molecule has 0 unspecified atom stereocenters. The van der Waals surface area contributed by atoms with Crippen molar-refractivity contribution < 1.29 is 49.1 Å². The molecular weight excluding hydrogens is 746 g/mol. The van der Waals surface area contributed by atoms with E-state index in [1.807, 2.05) is 0 Å². The van der Waals surface area contributed by atoms with E-state index in [1.54, 1.807) is 91.0 Å². The van der Waals surface area contributed by atoms with E-state index in [0.29, 0.717) is 0 Å². The Balaban J connectivity index is 1.59. The van der Waals surface area contributed by atoms with Gasteiger partial charge in [0.05, 0.1) is 0 Å². The zero-order chi connectivity index (χ0) is 38.8. The molecule has 0 saturated carbocycles. The third-order valence-electron chi connectivity index (χ3n) is 9.19. The molecule has 13 heteroatoms. The number of hydrogen-bond acceptors (Lipinski definition) is 3. The Labute approximate surface area is 310 Å². The normalized spacial score (nSPS) is 12.0. The molecule has 7 rings (SSSR count). The van der Waals surface area contributed by atoms with Gasteiger partial charge in [-0.25, -0.2) is 0 Å². The van der Waals surface area contributed by atoms with Crippen molar-refractivity contribution in [1.82, 2.24) is 0 Å². The molecule has 0 aromatic heterocycles. The molecule has 0 bridgehead atoms. The summed E-state index contributed by atoms with van der Waals surface area (Å²) in [6, 6.07) is 34.2. The summed E-state index contributed by atoms with van der Waals surface area (Å²) in [7, 11) is -2.67. The summed E-state index contributed by atoms with van der Waals surface area (Å²) in [4.78, 5) is 0. The number of hydrogen-bond donors (Lipinski definition) is 0. The van der Waals surface area contributed by atoms with Crippen molar-refractivity contribution >= 4 is 40.4 Å². The van der Waals surface area contributed by atoms with E-state index in [9.17, 15) is 17.6 Å². The molecule has 0 saturated heterocycles. The van der Waals surface area contributed by atoms with Crippen LogP contribution >= 0.6 is 6.60 Å². The Kier molecular flexibility index (Phi) is 10.1. The fraction of sp³-hybridized carbons (Fsp3) is 0. The van der Waals surface area contributed by atoms with Gasteiger partial charge in [0, 0.05) is 0 Å². The summed E-state index contributed by atoms with van der Waals surface area (Å²) in [5.41, 5.74) is 0. The minimum absolute atomic E-state index is 0.220. The predicted octanol–water partition coefficient (Wildman–Crippen LogP) is 8.80. The van der Waals surface area contributed by atoms with Crippen LogP contribution in [0.25, 0.3) is 0 Å². The van der Waals surface area contributed by atoms with Gasteiger partial charge in [-0.3, -0.25) is 0 Å². The van der Waals surface area contributed by atoms with Gasteiger partial charge in [0.15, 0.2) is 0 Å². The molecular formula is C42H26BF8O3P. The van der Waals surface area contributed by atoms with E-state index in [0.717, 1.165) is 66.7 Å². The zero-order valence-electron chi connectivity index (χ0n) is 28.3. The molecule has 0 aliphatic carbocycles. The van der Waals surface area contributed by atoms with Gasteiger partial charge in [0.1, 0.15) is 0 Å². The van der Waals surface area contributed by atoms with Gasteiger partial charge in [-0.15, -0.1) is 0 Å². The van der Waals surface area contributed by atoms with Crippen molar-refractivity contribution in [2.75, 3.05) is 0 Å². The maximum absolute atomic E-state index is 18.0. The van der Waals surface area contributed by atoms with E-state index >= 15 is 17.6 Å². The number of benzene rings is 7. The zero-order valence-corrected chi connectivity index (χ0v) is 29.2. The molecule has 0 aliphatic heterocycles. The second-order valence-electron chi connectivity index (χ2n) is 12.1. The SMILES string of the molecule is Fc1cccc(F)c1OB(Oc1c(F)cccc1F)Oc1c(F)ccc(P(c2ccccc2)(c2ccccc2)(c2ccccc2)c2c(F)cccc2F)c1F. The molecule has 0 fully saturated rings. The van der Waals surface area contributed by atoms with E-state index in [2.05, 4.69) is 0 Å². The molecule has 276 valence electrons. The number of halogens is 8. The molecule has 7 aromatic carbocycles. The summed E-state index contributed by atoms with van der Waals surface area (Å²) >= 11 is 0. The predicted molar refractivity (Wildman–Crippen MR) is 197 cm³/mol. The third-order valence-corrected chi connectivity index (χ3v) is 15.8. The Morgan fingerprint density at radius 2 is 0.655 bits per heavy atom. The summed E-state index contributed by atoms with van der Waals surface area (Å²) in [6.07, 6.45) is 0. The molecule has 0 heterocycles. The maximum atomic E-state index is 18.0. The Bertz CT molecular complexity index is 2280. The van der Waals surface area contributed by atoms with Crippen molar-refractivity contribution in [2.24, 2.45) is 0 Å². The van der Waals surface area contributed by atoms with Crippen LogP contribution in [0.15, 0.2) is 158 Å². The number of para-hydroxylation sites is 2. The van der Waals surface area contributed by atoms with E-state index in [1.165, 1.54) is 0 Å². The number of rotatable bonds is 11. The van der Waals surface area contributed by atoms with Crippen molar-refractivity contribution in [1.29, 1.82) is 0 Å². The minimum atomic E-state index is -5.40. The Morgan fingerprint density at radius 3 is 1.04 bits per heavy atom. The molecule has 55 heavy (non-hydrogen) atoms. The molecule has 0 N–H and O–H groups in total. The van der Waals surface area contributed by atoms with Crippen LogP contribution in [0.2, 0.25) is 0 Å². The molecule has 0 radical (unpaired) electrons. The van der Waals surface area contributed by atoms with E-state index in [4.69, 9.17) is 14.0 Å². The second-order valence-corrected chi connectivity index (χ2v) is 16.9.